The van der Waals surface area contributed by atoms with Crippen LogP contribution in [0.4, 0.5) is 10.8 Å². The molecule has 1 aromatic heterocycles. The van der Waals surface area contributed by atoms with Crippen LogP contribution in [-0.2, 0) is 4.74 Å². The van der Waals surface area contributed by atoms with E-state index in [4.69, 9.17) is 17.0 Å². The number of nitrogens with one attached hydrogen (secondary N) is 2. The Hall–Kier alpha value is -3.03. The highest BCUT2D eigenvalue weighted by Crippen LogP contribution is 2.27. The lowest BCUT2D eigenvalue weighted by molar-refractivity contribution is 0.0601. The summed E-state index contributed by atoms with van der Waals surface area (Å²) in [5, 5.41) is 9.71. The first-order chi connectivity index (χ1) is 13.1. The van der Waals surface area contributed by atoms with Crippen LogP contribution >= 0.6 is 23.6 Å². The first kappa shape index (κ1) is 17.4. The van der Waals surface area contributed by atoms with Crippen LogP contribution in [0.15, 0.2) is 60.7 Å². The molecule has 7 heteroatoms. The number of anilines is 2. The fraction of sp³-hybridized carbons (Fsp3) is 0.0500. The molecule has 0 atom stereocenters. The number of carbonyl (C=O) groups is 1. The molecule has 0 aliphatic carbocycles. The lowest BCUT2D eigenvalue weighted by atomic mass is 10.1. The van der Waals surface area contributed by atoms with Crippen molar-refractivity contribution in [2.24, 2.45) is 0 Å². The van der Waals surface area contributed by atoms with Crippen molar-refractivity contribution < 1.29 is 9.53 Å². The van der Waals surface area contributed by atoms with E-state index < -0.39 is 0 Å². The molecule has 4 rings (SSSR count). The molecule has 2 N–H and O–H groups in total. The summed E-state index contributed by atoms with van der Waals surface area (Å²) in [7, 11) is 1.36. The zero-order chi connectivity index (χ0) is 18.8. The minimum Gasteiger partial charge on any atom is -0.465 e. The molecular weight excluding hydrogens is 378 g/mol. The normalized spacial score (nSPS) is 10.7. The Balaban J connectivity index is 1.50. The van der Waals surface area contributed by atoms with Crippen LogP contribution in [0.25, 0.3) is 21.0 Å². The quantitative estimate of drug-likeness (QED) is 0.375. The van der Waals surface area contributed by atoms with Gasteiger partial charge in [-0.3, -0.25) is 0 Å². The largest absolute Gasteiger partial charge is 0.465 e. The second-order valence-electron chi connectivity index (χ2n) is 5.83. The number of methoxy groups -OCH3 is 1. The van der Waals surface area contributed by atoms with Crippen LogP contribution in [0.1, 0.15) is 10.4 Å². The highest BCUT2D eigenvalue weighted by Gasteiger charge is 2.10. The van der Waals surface area contributed by atoms with Crippen LogP contribution in [0.2, 0.25) is 0 Å². The minimum absolute atomic E-state index is 0.367. The van der Waals surface area contributed by atoms with E-state index in [1.807, 2.05) is 30.3 Å². The van der Waals surface area contributed by atoms with Crippen LogP contribution in [0, 0.1) is 0 Å². The number of ether oxygens (including phenoxy) is 1. The van der Waals surface area contributed by atoms with E-state index in [0.717, 1.165) is 21.3 Å². The molecule has 3 aromatic carbocycles. The van der Waals surface area contributed by atoms with Gasteiger partial charge in [-0.2, -0.15) is 0 Å². The smallest absolute Gasteiger partial charge is 0.337 e. The number of nitrogens with zero attached hydrogens (tertiary/aromatic N) is 1. The Morgan fingerprint density at radius 3 is 2.67 bits per heavy atom. The van der Waals surface area contributed by atoms with Crippen LogP contribution in [0.5, 0.6) is 0 Å². The molecule has 0 saturated heterocycles. The molecule has 0 amide bonds. The summed E-state index contributed by atoms with van der Waals surface area (Å²) < 4.78 is 5.64. The molecule has 0 saturated carbocycles. The Morgan fingerprint density at radius 2 is 1.85 bits per heavy atom. The number of carbonyl (C=O) groups excluding carboxylic acids is 1. The number of thiocarbonyl (C=S) groups is 1. The Kier molecular flexibility index (Phi) is 4.70. The van der Waals surface area contributed by atoms with Gasteiger partial charge in [0, 0.05) is 5.69 Å². The van der Waals surface area contributed by atoms with Gasteiger partial charge in [-0.25, -0.2) is 9.78 Å². The number of benzene rings is 3. The third-order valence-electron chi connectivity index (χ3n) is 4.04. The third kappa shape index (κ3) is 3.74. The predicted molar refractivity (Wildman–Crippen MR) is 115 cm³/mol. The van der Waals surface area contributed by atoms with Crippen LogP contribution in [-0.4, -0.2) is 23.2 Å². The van der Waals surface area contributed by atoms with Gasteiger partial charge in [0.25, 0.3) is 0 Å². The van der Waals surface area contributed by atoms with E-state index in [-0.39, 0.29) is 5.97 Å². The number of thiazole rings is 1. The van der Waals surface area contributed by atoms with Crippen molar-refractivity contribution in [2.45, 2.75) is 0 Å². The number of hydrogen-bond acceptors (Lipinski definition) is 5. The molecule has 0 unspecified atom stereocenters. The molecule has 0 aliphatic rings. The van der Waals surface area contributed by atoms with Crippen molar-refractivity contribution in [3.63, 3.8) is 0 Å². The van der Waals surface area contributed by atoms with Crippen molar-refractivity contribution >= 4 is 66.4 Å². The maximum atomic E-state index is 11.7. The molecule has 5 nitrogen and oxygen atoms in total. The van der Waals surface area contributed by atoms with E-state index in [9.17, 15) is 4.79 Å². The number of fused-ring (bicyclic) bond motifs is 2. The monoisotopic (exact) mass is 393 g/mol. The number of rotatable bonds is 3. The van der Waals surface area contributed by atoms with Crippen molar-refractivity contribution in [3.8, 4) is 0 Å². The van der Waals surface area contributed by atoms with Gasteiger partial charge in [0.05, 0.1) is 22.9 Å². The number of hydrogen-bond donors (Lipinski definition) is 2. The summed E-state index contributed by atoms with van der Waals surface area (Å²) in [6.07, 6.45) is 0. The van der Waals surface area contributed by atoms with E-state index in [0.29, 0.717) is 15.8 Å². The standard InChI is InChI=1S/C20H15N3O2S2/c1-25-18(24)14-7-9-16-17(11-14)27-20(22-16)23-19(26)21-15-8-6-12-4-2-3-5-13(12)10-15/h2-11H,1H3,(H2,21,22,23,26). The Labute approximate surface area is 165 Å². The van der Waals surface area contributed by atoms with Gasteiger partial charge in [0.1, 0.15) is 0 Å². The van der Waals surface area contributed by atoms with Crippen molar-refractivity contribution in [2.75, 3.05) is 17.7 Å². The summed E-state index contributed by atoms with van der Waals surface area (Å²) in [5.74, 6) is -0.367. The average Bonchev–Trinajstić information content (AvgIpc) is 3.08. The summed E-state index contributed by atoms with van der Waals surface area (Å²) in [5.41, 5.74) is 2.20. The summed E-state index contributed by atoms with van der Waals surface area (Å²) in [6, 6.07) is 19.5. The fourth-order valence-electron chi connectivity index (χ4n) is 2.75. The van der Waals surface area contributed by atoms with E-state index >= 15 is 0 Å². The molecule has 0 fully saturated rings. The van der Waals surface area contributed by atoms with E-state index in [1.165, 1.54) is 23.8 Å². The lowest BCUT2D eigenvalue weighted by Gasteiger charge is -2.09. The zero-order valence-corrected chi connectivity index (χ0v) is 16.0. The number of esters is 1. The first-order valence-corrected chi connectivity index (χ1v) is 9.40. The highest BCUT2D eigenvalue weighted by molar-refractivity contribution is 7.80. The highest BCUT2D eigenvalue weighted by atomic mass is 32.1. The zero-order valence-electron chi connectivity index (χ0n) is 14.4. The van der Waals surface area contributed by atoms with Gasteiger partial charge in [-0.05, 0) is 53.3 Å². The average molecular weight is 393 g/mol. The molecule has 1 heterocycles. The van der Waals surface area contributed by atoms with Crippen molar-refractivity contribution in [1.82, 2.24) is 4.98 Å². The molecular formula is C20H15N3O2S2. The maximum absolute atomic E-state index is 11.7. The minimum atomic E-state index is -0.367. The van der Waals surface area contributed by atoms with Crippen LogP contribution in [0.3, 0.4) is 0 Å². The molecule has 27 heavy (non-hydrogen) atoms. The summed E-state index contributed by atoms with van der Waals surface area (Å²) in [6.45, 7) is 0. The van der Waals surface area contributed by atoms with E-state index in [2.05, 4.69) is 27.8 Å². The Morgan fingerprint density at radius 1 is 1.04 bits per heavy atom. The molecule has 134 valence electrons. The van der Waals surface area contributed by atoms with Crippen LogP contribution < -0.4 is 10.6 Å². The third-order valence-corrected chi connectivity index (χ3v) is 5.18. The molecule has 0 spiro atoms. The van der Waals surface area contributed by atoms with Gasteiger partial charge in [0.2, 0.25) is 0 Å². The van der Waals surface area contributed by atoms with Gasteiger partial charge in [0.15, 0.2) is 10.2 Å². The summed E-state index contributed by atoms with van der Waals surface area (Å²) >= 11 is 6.83. The molecule has 4 aromatic rings. The molecule has 0 radical (unpaired) electrons. The van der Waals surface area contributed by atoms with Gasteiger partial charge >= 0.3 is 5.97 Å². The van der Waals surface area contributed by atoms with Crippen molar-refractivity contribution in [3.05, 3.63) is 66.2 Å². The lowest BCUT2D eigenvalue weighted by Crippen LogP contribution is -2.18. The fourth-order valence-corrected chi connectivity index (χ4v) is 3.94. The predicted octanol–water partition coefficient (Wildman–Crippen LogP) is 5.05. The number of aromatic nitrogens is 1. The van der Waals surface area contributed by atoms with Gasteiger partial charge < -0.3 is 15.4 Å². The molecule has 0 bridgehead atoms. The first-order valence-electron chi connectivity index (χ1n) is 8.18. The second-order valence-corrected chi connectivity index (χ2v) is 7.27. The van der Waals surface area contributed by atoms with Gasteiger partial charge in [-0.1, -0.05) is 41.7 Å². The van der Waals surface area contributed by atoms with Crippen molar-refractivity contribution in [1.29, 1.82) is 0 Å². The van der Waals surface area contributed by atoms with Gasteiger partial charge in [-0.15, -0.1) is 0 Å². The topological polar surface area (TPSA) is 63.2 Å². The van der Waals surface area contributed by atoms with E-state index in [1.54, 1.807) is 18.2 Å². The second kappa shape index (κ2) is 7.30. The Bertz CT molecular complexity index is 1170. The SMILES string of the molecule is COC(=O)c1ccc2nc(NC(=S)Nc3ccc4ccccc4c3)sc2c1. The summed E-state index contributed by atoms with van der Waals surface area (Å²) in [4.78, 5) is 16.2. The molecule has 0 aliphatic heterocycles. The maximum Gasteiger partial charge on any atom is 0.337 e.